The molecule has 2 aromatic carbocycles. The minimum atomic E-state index is -3.70. The molecule has 0 aromatic heterocycles. The molecule has 2 aromatic rings. The lowest BCUT2D eigenvalue weighted by molar-refractivity contribution is 0.0939. The van der Waals surface area contributed by atoms with E-state index in [1.54, 1.807) is 6.92 Å². The second kappa shape index (κ2) is 7.65. The van der Waals surface area contributed by atoms with Crippen molar-refractivity contribution in [2.75, 3.05) is 0 Å². The van der Waals surface area contributed by atoms with Crippen LogP contribution < -0.4 is 10.0 Å². The van der Waals surface area contributed by atoms with Gasteiger partial charge in [0.25, 0.3) is 5.91 Å². The topological polar surface area (TPSA) is 75.3 Å². The first-order valence-electron chi connectivity index (χ1n) is 8.25. The van der Waals surface area contributed by atoms with Gasteiger partial charge in [0, 0.05) is 10.5 Å². The molecule has 5 nitrogen and oxygen atoms in total. The number of sulfonamides is 1. The highest BCUT2D eigenvalue weighted by molar-refractivity contribution is 9.10. The van der Waals surface area contributed by atoms with Gasteiger partial charge in [-0.3, -0.25) is 4.79 Å². The van der Waals surface area contributed by atoms with Crippen molar-refractivity contribution in [1.29, 1.82) is 0 Å². The van der Waals surface area contributed by atoms with E-state index in [1.165, 1.54) is 24.3 Å². The van der Waals surface area contributed by atoms with E-state index in [2.05, 4.69) is 26.0 Å². The van der Waals surface area contributed by atoms with Crippen LogP contribution >= 0.6 is 15.9 Å². The van der Waals surface area contributed by atoms with E-state index in [4.69, 9.17) is 0 Å². The average molecular weight is 459 g/mol. The molecule has 27 heavy (non-hydrogen) atoms. The maximum Gasteiger partial charge on any atom is 0.252 e. The lowest BCUT2D eigenvalue weighted by Crippen LogP contribution is -2.28. The van der Waals surface area contributed by atoms with Gasteiger partial charge in [0.1, 0.15) is 0 Å². The number of amides is 1. The molecule has 9 heteroatoms. The number of hydrogen-bond donors (Lipinski definition) is 2. The fourth-order valence-electron chi connectivity index (χ4n) is 2.47. The Morgan fingerprint density at radius 3 is 2.48 bits per heavy atom. The molecule has 1 aliphatic rings. The Morgan fingerprint density at radius 1 is 1.15 bits per heavy atom. The number of hydrogen-bond acceptors (Lipinski definition) is 3. The third kappa shape index (κ3) is 4.72. The summed E-state index contributed by atoms with van der Waals surface area (Å²) in [5, 5.41) is 2.66. The fourth-order valence-corrected chi connectivity index (χ4v) is 4.23. The van der Waals surface area contributed by atoms with E-state index in [9.17, 15) is 22.0 Å². The van der Waals surface area contributed by atoms with Crippen LogP contribution in [0.3, 0.4) is 0 Å². The molecular formula is C18H17BrF2N2O3S. The SMILES string of the molecule is CC(NC(=O)c1cc(S(=O)(=O)NC2CC2)ccc1Br)c1ccc(F)c(F)c1. The Morgan fingerprint density at radius 2 is 1.85 bits per heavy atom. The van der Waals surface area contributed by atoms with Crippen LogP contribution in [0.1, 0.15) is 41.7 Å². The standard InChI is InChI=1S/C18H17BrF2N2O3S/c1-10(11-2-7-16(20)17(21)8-11)22-18(24)14-9-13(5-6-15(14)19)27(25,26)23-12-3-4-12/h2,5-10,12,23H,3-4H2,1H3,(H,22,24). The molecule has 1 unspecified atom stereocenters. The number of halogens is 3. The van der Waals surface area contributed by atoms with Crippen LogP contribution in [0.5, 0.6) is 0 Å². The van der Waals surface area contributed by atoms with Gasteiger partial charge in [-0.15, -0.1) is 0 Å². The van der Waals surface area contributed by atoms with Gasteiger partial charge in [-0.05, 0) is 71.6 Å². The van der Waals surface area contributed by atoms with Crippen LogP contribution in [0.4, 0.5) is 8.78 Å². The van der Waals surface area contributed by atoms with Gasteiger partial charge >= 0.3 is 0 Å². The zero-order chi connectivity index (χ0) is 19.8. The van der Waals surface area contributed by atoms with Crippen molar-refractivity contribution in [1.82, 2.24) is 10.0 Å². The van der Waals surface area contributed by atoms with E-state index in [0.29, 0.717) is 10.0 Å². The minimum Gasteiger partial charge on any atom is -0.345 e. The molecule has 1 atom stereocenters. The van der Waals surface area contributed by atoms with Crippen molar-refractivity contribution >= 4 is 31.9 Å². The van der Waals surface area contributed by atoms with E-state index >= 15 is 0 Å². The van der Waals surface area contributed by atoms with Crippen LogP contribution in [0.15, 0.2) is 45.8 Å². The molecule has 0 saturated heterocycles. The maximum absolute atomic E-state index is 13.4. The molecule has 0 heterocycles. The second-order valence-electron chi connectivity index (χ2n) is 6.41. The molecule has 2 N–H and O–H groups in total. The first-order valence-corrected chi connectivity index (χ1v) is 10.5. The number of nitrogens with one attached hydrogen (secondary N) is 2. The summed E-state index contributed by atoms with van der Waals surface area (Å²) in [6, 6.07) is 6.88. The third-order valence-corrected chi connectivity index (χ3v) is 6.39. The lowest BCUT2D eigenvalue weighted by Gasteiger charge is -2.16. The van der Waals surface area contributed by atoms with Gasteiger partial charge in [-0.25, -0.2) is 21.9 Å². The molecule has 1 fully saturated rings. The minimum absolute atomic E-state index is 0.0109. The molecule has 1 amide bonds. The largest absolute Gasteiger partial charge is 0.345 e. The summed E-state index contributed by atoms with van der Waals surface area (Å²) in [5.41, 5.74) is 0.514. The van der Waals surface area contributed by atoms with Crippen molar-refractivity contribution in [3.63, 3.8) is 0 Å². The molecule has 3 rings (SSSR count). The summed E-state index contributed by atoms with van der Waals surface area (Å²) in [5.74, 6) is -2.52. The Bertz CT molecular complexity index is 994. The summed E-state index contributed by atoms with van der Waals surface area (Å²) in [6.45, 7) is 1.62. The zero-order valence-corrected chi connectivity index (χ0v) is 16.7. The van der Waals surface area contributed by atoms with Crippen molar-refractivity contribution in [2.45, 2.75) is 36.7 Å². The van der Waals surface area contributed by atoms with Gasteiger partial charge in [0.2, 0.25) is 10.0 Å². The van der Waals surface area contributed by atoms with Crippen LogP contribution in [0.25, 0.3) is 0 Å². The summed E-state index contributed by atoms with van der Waals surface area (Å²) in [4.78, 5) is 12.6. The number of carbonyl (C=O) groups excluding carboxylic acids is 1. The summed E-state index contributed by atoms with van der Waals surface area (Å²) >= 11 is 3.24. The highest BCUT2D eigenvalue weighted by Gasteiger charge is 2.28. The Balaban J connectivity index is 1.81. The number of benzene rings is 2. The molecular weight excluding hydrogens is 442 g/mol. The van der Waals surface area contributed by atoms with Crippen LogP contribution in [0.2, 0.25) is 0 Å². The Labute approximate surface area is 164 Å². The van der Waals surface area contributed by atoms with Gasteiger partial charge in [0.15, 0.2) is 11.6 Å². The predicted octanol–water partition coefficient (Wildman–Crippen LogP) is 3.66. The zero-order valence-electron chi connectivity index (χ0n) is 14.3. The summed E-state index contributed by atoms with van der Waals surface area (Å²) in [7, 11) is -3.70. The summed E-state index contributed by atoms with van der Waals surface area (Å²) in [6.07, 6.45) is 1.60. The first kappa shape index (κ1) is 19.9. The monoisotopic (exact) mass is 458 g/mol. The van der Waals surface area contributed by atoms with E-state index < -0.39 is 33.6 Å². The van der Waals surface area contributed by atoms with Crippen LogP contribution in [-0.4, -0.2) is 20.4 Å². The normalized spacial score (nSPS) is 15.4. The third-order valence-electron chi connectivity index (χ3n) is 4.18. The van der Waals surface area contributed by atoms with Crippen LogP contribution in [-0.2, 0) is 10.0 Å². The van der Waals surface area contributed by atoms with E-state index in [-0.39, 0.29) is 16.5 Å². The highest BCUT2D eigenvalue weighted by Crippen LogP contribution is 2.25. The smallest absolute Gasteiger partial charge is 0.252 e. The first-order chi connectivity index (χ1) is 12.7. The van der Waals surface area contributed by atoms with E-state index in [0.717, 1.165) is 25.0 Å². The molecule has 0 radical (unpaired) electrons. The Kier molecular flexibility index (Phi) is 5.64. The molecule has 1 aliphatic carbocycles. The van der Waals surface area contributed by atoms with E-state index in [1.807, 2.05) is 0 Å². The number of rotatable bonds is 6. The molecule has 144 valence electrons. The fraction of sp³-hybridized carbons (Fsp3) is 0.278. The van der Waals surface area contributed by atoms with Gasteiger partial charge in [-0.2, -0.15) is 0 Å². The molecule has 0 bridgehead atoms. The van der Waals surface area contributed by atoms with Crippen LogP contribution in [0, 0.1) is 11.6 Å². The Hall–Kier alpha value is -1.84. The lowest BCUT2D eigenvalue weighted by atomic mass is 10.1. The highest BCUT2D eigenvalue weighted by atomic mass is 79.9. The summed E-state index contributed by atoms with van der Waals surface area (Å²) < 4.78 is 54.1. The maximum atomic E-state index is 13.4. The van der Waals surface area contributed by atoms with Gasteiger partial charge < -0.3 is 5.32 Å². The van der Waals surface area contributed by atoms with Gasteiger partial charge in [-0.1, -0.05) is 6.07 Å². The predicted molar refractivity (Wildman–Crippen MR) is 99.7 cm³/mol. The van der Waals surface area contributed by atoms with Crippen molar-refractivity contribution in [3.8, 4) is 0 Å². The quantitative estimate of drug-likeness (QED) is 0.693. The van der Waals surface area contributed by atoms with Gasteiger partial charge in [0.05, 0.1) is 16.5 Å². The average Bonchev–Trinajstić information content (AvgIpc) is 3.40. The van der Waals surface area contributed by atoms with Crippen molar-refractivity contribution < 1.29 is 22.0 Å². The second-order valence-corrected chi connectivity index (χ2v) is 8.97. The molecule has 1 saturated carbocycles. The van der Waals surface area contributed by atoms with Crippen molar-refractivity contribution in [2.24, 2.45) is 0 Å². The van der Waals surface area contributed by atoms with Crippen molar-refractivity contribution in [3.05, 3.63) is 63.6 Å². The molecule has 0 spiro atoms. The molecule has 0 aliphatic heterocycles. The number of carbonyl (C=O) groups is 1.